The van der Waals surface area contributed by atoms with Gasteiger partial charge >= 0.3 is 0 Å². The van der Waals surface area contributed by atoms with Gasteiger partial charge in [-0.15, -0.1) is 0 Å². The van der Waals surface area contributed by atoms with Crippen LogP contribution in [-0.2, 0) is 17.7 Å². The first kappa shape index (κ1) is 21.5. The van der Waals surface area contributed by atoms with Gasteiger partial charge in [-0.25, -0.2) is 9.37 Å². The number of nitrogens with two attached hydrogens (primary N) is 1. The topological polar surface area (TPSA) is 94.1 Å². The van der Waals surface area contributed by atoms with Gasteiger partial charge in [0.2, 0.25) is 5.95 Å². The molecule has 0 atom stereocenters. The number of ether oxygens (including phenoxy) is 1. The van der Waals surface area contributed by atoms with E-state index >= 15 is 0 Å². The number of aryl methyl sites for hydroxylation is 1. The largest absolute Gasteiger partial charge is 0.380 e. The van der Waals surface area contributed by atoms with E-state index in [0.29, 0.717) is 37.2 Å². The summed E-state index contributed by atoms with van der Waals surface area (Å²) in [5.41, 5.74) is 9.24. The van der Waals surface area contributed by atoms with Gasteiger partial charge < -0.3 is 20.7 Å². The van der Waals surface area contributed by atoms with E-state index in [2.05, 4.69) is 17.1 Å². The van der Waals surface area contributed by atoms with E-state index in [1.807, 2.05) is 17.7 Å². The molecule has 0 bridgehead atoms. The Hall–Kier alpha value is -2.78. The summed E-state index contributed by atoms with van der Waals surface area (Å²) in [6, 6.07) is 6.59. The Morgan fingerprint density at radius 3 is 2.74 bits per heavy atom. The van der Waals surface area contributed by atoms with Crippen LogP contribution in [0.5, 0.6) is 0 Å². The summed E-state index contributed by atoms with van der Waals surface area (Å²) in [6.45, 7) is 7.43. The lowest BCUT2D eigenvalue weighted by Gasteiger charge is -2.30. The van der Waals surface area contributed by atoms with Crippen molar-refractivity contribution in [2.24, 2.45) is 5.73 Å². The summed E-state index contributed by atoms with van der Waals surface area (Å²) in [6.07, 6.45) is 2.56. The van der Waals surface area contributed by atoms with Crippen molar-refractivity contribution in [3.05, 3.63) is 35.8 Å². The van der Waals surface area contributed by atoms with E-state index in [4.69, 9.17) is 25.5 Å². The molecule has 0 amide bonds. The van der Waals surface area contributed by atoms with Gasteiger partial charge in [0.25, 0.3) is 0 Å². The zero-order valence-corrected chi connectivity index (χ0v) is 18.1. The van der Waals surface area contributed by atoms with Crippen LogP contribution >= 0.6 is 0 Å². The predicted octanol–water partition coefficient (Wildman–Crippen LogP) is 3.24. The Kier molecular flexibility index (Phi) is 6.62. The predicted molar refractivity (Wildman–Crippen MR) is 120 cm³/mol. The first-order valence-corrected chi connectivity index (χ1v) is 11.0. The molecule has 2 aromatic heterocycles. The molecule has 1 aliphatic heterocycles. The third kappa shape index (κ3) is 4.77. The fourth-order valence-electron chi connectivity index (χ4n) is 3.86. The van der Waals surface area contributed by atoms with Gasteiger partial charge in [0.15, 0.2) is 5.82 Å². The number of anilines is 3. The fraction of sp³-hybridized carbons (Fsp3) is 0.500. The standard InChI is InChI=1S/C22H30FN7O/c1-3-18-19-20(30(28-18)12-13-31-4-2)21(25-17-7-5-6-15(23)14-17)27-22(26-19)29-10-8-16(24)9-11-29/h5-7,14,16H,3-4,8-13,24H2,1-2H3,(H,25,26,27). The number of halogens is 1. The highest BCUT2D eigenvalue weighted by atomic mass is 19.1. The molecule has 0 saturated carbocycles. The second kappa shape index (κ2) is 9.57. The number of rotatable bonds is 8. The van der Waals surface area contributed by atoms with Gasteiger partial charge in [-0.05, 0) is 44.4 Å². The van der Waals surface area contributed by atoms with Crippen molar-refractivity contribution >= 4 is 28.5 Å². The first-order valence-electron chi connectivity index (χ1n) is 11.0. The maximum atomic E-state index is 13.8. The van der Waals surface area contributed by atoms with Crippen molar-refractivity contribution in [1.82, 2.24) is 19.7 Å². The monoisotopic (exact) mass is 427 g/mol. The van der Waals surface area contributed by atoms with Crippen LogP contribution in [0, 0.1) is 5.82 Å². The minimum Gasteiger partial charge on any atom is -0.380 e. The molecule has 0 aliphatic carbocycles. The average Bonchev–Trinajstić information content (AvgIpc) is 3.12. The van der Waals surface area contributed by atoms with Gasteiger partial charge in [0.05, 0.1) is 18.8 Å². The van der Waals surface area contributed by atoms with Crippen molar-refractivity contribution in [1.29, 1.82) is 0 Å². The Morgan fingerprint density at radius 2 is 2.03 bits per heavy atom. The van der Waals surface area contributed by atoms with Crippen molar-refractivity contribution in [3.63, 3.8) is 0 Å². The lowest BCUT2D eigenvalue weighted by Crippen LogP contribution is -2.40. The lowest BCUT2D eigenvalue weighted by atomic mass is 10.1. The first-order chi connectivity index (χ1) is 15.1. The molecular weight excluding hydrogens is 397 g/mol. The second-order valence-electron chi connectivity index (χ2n) is 7.75. The number of benzene rings is 1. The maximum Gasteiger partial charge on any atom is 0.228 e. The maximum absolute atomic E-state index is 13.8. The van der Waals surface area contributed by atoms with Crippen LogP contribution in [0.4, 0.5) is 21.8 Å². The number of fused-ring (bicyclic) bond motifs is 1. The highest BCUT2D eigenvalue weighted by Gasteiger charge is 2.23. The fourth-order valence-corrected chi connectivity index (χ4v) is 3.86. The summed E-state index contributed by atoms with van der Waals surface area (Å²) in [5, 5.41) is 8.08. The van der Waals surface area contributed by atoms with Gasteiger partial charge in [-0.3, -0.25) is 4.68 Å². The molecule has 1 fully saturated rings. The zero-order valence-electron chi connectivity index (χ0n) is 18.1. The molecule has 4 rings (SSSR count). The summed E-state index contributed by atoms with van der Waals surface area (Å²) in [7, 11) is 0. The minimum atomic E-state index is -0.306. The number of nitrogens with zero attached hydrogens (tertiary/aromatic N) is 5. The Bertz CT molecular complexity index is 1030. The molecule has 9 heteroatoms. The van der Waals surface area contributed by atoms with Crippen molar-refractivity contribution in [2.75, 3.05) is 36.5 Å². The van der Waals surface area contributed by atoms with Crippen LogP contribution in [0.1, 0.15) is 32.4 Å². The van der Waals surface area contributed by atoms with E-state index in [1.54, 1.807) is 6.07 Å². The van der Waals surface area contributed by atoms with E-state index in [9.17, 15) is 4.39 Å². The van der Waals surface area contributed by atoms with Gasteiger partial charge in [0, 0.05) is 31.4 Å². The zero-order chi connectivity index (χ0) is 21.8. The van der Waals surface area contributed by atoms with Gasteiger partial charge in [0.1, 0.15) is 16.9 Å². The minimum absolute atomic E-state index is 0.220. The Labute approximate surface area is 181 Å². The third-order valence-corrected chi connectivity index (χ3v) is 5.54. The van der Waals surface area contributed by atoms with E-state index in [0.717, 1.165) is 49.1 Å². The van der Waals surface area contributed by atoms with Crippen LogP contribution < -0.4 is 16.0 Å². The summed E-state index contributed by atoms with van der Waals surface area (Å²) in [5.74, 6) is 0.959. The molecule has 166 valence electrons. The van der Waals surface area contributed by atoms with Crippen molar-refractivity contribution in [2.45, 2.75) is 45.7 Å². The van der Waals surface area contributed by atoms with Crippen LogP contribution in [0.15, 0.2) is 24.3 Å². The van der Waals surface area contributed by atoms with Crippen LogP contribution in [0.3, 0.4) is 0 Å². The lowest BCUT2D eigenvalue weighted by molar-refractivity contribution is 0.137. The van der Waals surface area contributed by atoms with Crippen LogP contribution in [0.25, 0.3) is 11.0 Å². The molecule has 1 saturated heterocycles. The third-order valence-electron chi connectivity index (χ3n) is 5.54. The van der Waals surface area contributed by atoms with Crippen LogP contribution in [-0.4, -0.2) is 52.1 Å². The molecule has 0 radical (unpaired) electrons. The molecular formula is C22H30FN7O. The highest BCUT2D eigenvalue weighted by Crippen LogP contribution is 2.30. The number of nitrogens with one attached hydrogen (secondary N) is 1. The van der Waals surface area contributed by atoms with Crippen molar-refractivity contribution in [3.8, 4) is 0 Å². The van der Waals surface area contributed by atoms with E-state index in [1.165, 1.54) is 12.1 Å². The van der Waals surface area contributed by atoms with Crippen molar-refractivity contribution < 1.29 is 9.13 Å². The number of aromatic nitrogens is 4. The molecule has 0 unspecified atom stereocenters. The SMILES string of the molecule is CCOCCn1nc(CC)c2nc(N3CCC(N)CC3)nc(Nc3cccc(F)c3)c21. The van der Waals surface area contributed by atoms with Gasteiger partial charge in [-0.1, -0.05) is 13.0 Å². The average molecular weight is 428 g/mol. The second-order valence-corrected chi connectivity index (χ2v) is 7.75. The molecule has 1 aromatic carbocycles. The molecule has 31 heavy (non-hydrogen) atoms. The normalized spacial score (nSPS) is 15.0. The smallest absolute Gasteiger partial charge is 0.228 e. The summed E-state index contributed by atoms with van der Waals surface area (Å²) in [4.78, 5) is 11.9. The van der Waals surface area contributed by atoms with Crippen LogP contribution in [0.2, 0.25) is 0 Å². The quantitative estimate of drug-likeness (QED) is 0.533. The molecule has 3 heterocycles. The summed E-state index contributed by atoms with van der Waals surface area (Å²) < 4.78 is 21.2. The molecule has 3 aromatic rings. The Balaban J connectivity index is 1.79. The van der Waals surface area contributed by atoms with E-state index in [-0.39, 0.29) is 11.9 Å². The molecule has 3 N–H and O–H groups in total. The molecule has 0 spiro atoms. The molecule has 1 aliphatic rings. The van der Waals surface area contributed by atoms with E-state index < -0.39 is 0 Å². The number of hydrogen-bond donors (Lipinski definition) is 2. The molecule has 8 nitrogen and oxygen atoms in total. The van der Waals surface area contributed by atoms with Gasteiger partial charge in [-0.2, -0.15) is 10.1 Å². The Morgan fingerprint density at radius 1 is 1.23 bits per heavy atom. The highest BCUT2D eigenvalue weighted by molar-refractivity contribution is 5.90. The summed E-state index contributed by atoms with van der Waals surface area (Å²) >= 11 is 0. The number of hydrogen-bond acceptors (Lipinski definition) is 7. The number of piperidine rings is 1.